The lowest BCUT2D eigenvalue weighted by molar-refractivity contribution is 0.698. The first kappa shape index (κ1) is 10.5. The maximum atomic E-state index is 2.36. The van der Waals surface area contributed by atoms with Crippen LogP contribution in [0.4, 0.5) is 0 Å². The molecule has 0 aliphatic rings. The average Bonchev–Trinajstić information content (AvgIpc) is 2.16. The van der Waals surface area contributed by atoms with Crippen molar-refractivity contribution in [2.45, 2.75) is 38.7 Å². The second-order valence-corrected chi connectivity index (χ2v) is 5.41. The highest BCUT2D eigenvalue weighted by Gasteiger charge is 2.03. The van der Waals surface area contributed by atoms with E-state index in [0.717, 1.165) is 15.1 Å². The van der Waals surface area contributed by atoms with Crippen molar-refractivity contribution in [2.24, 2.45) is 0 Å². The van der Waals surface area contributed by atoms with Crippen molar-refractivity contribution in [3.8, 4) is 0 Å². The van der Waals surface area contributed by atoms with Gasteiger partial charge in [-0.05, 0) is 5.54 Å². The Morgan fingerprint density at radius 1 is 1.23 bits per heavy atom. The normalized spacial score (nSPS) is 12.8. The molecule has 0 N–H and O–H groups in total. The second kappa shape index (κ2) is 5.98. The summed E-state index contributed by atoms with van der Waals surface area (Å²) in [6.07, 6.45) is 4.08. The van der Waals surface area contributed by atoms with Crippen LogP contribution in [0.3, 0.4) is 0 Å². The SMILES string of the molecule is CCCC[C@H](C)[Si]c1ccccc1. The summed E-state index contributed by atoms with van der Waals surface area (Å²) in [4.78, 5) is 0. The Balaban J connectivity index is 2.32. The molecule has 0 amide bonds. The molecule has 70 valence electrons. The molecule has 0 unspecified atom stereocenters. The zero-order valence-corrected chi connectivity index (χ0v) is 9.59. The fourth-order valence-corrected chi connectivity index (χ4v) is 2.70. The molecule has 1 heteroatoms. The van der Waals surface area contributed by atoms with Crippen LogP contribution < -0.4 is 5.19 Å². The van der Waals surface area contributed by atoms with Crippen molar-refractivity contribution in [1.29, 1.82) is 0 Å². The Bertz CT molecular complexity index is 218. The Hall–Kier alpha value is -0.563. The van der Waals surface area contributed by atoms with Gasteiger partial charge >= 0.3 is 0 Å². The van der Waals surface area contributed by atoms with Gasteiger partial charge in [-0.2, -0.15) is 0 Å². The maximum absolute atomic E-state index is 2.36. The van der Waals surface area contributed by atoms with Crippen LogP contribution >= 0.6 is 0 Å². The first-order valence-corrected chi connectivity index (χ1v) is 6.22. The van der Waals surface area contributed by atoms with Gasteiger partial charge in [0.25, 0.3) is 0 Å². The number of hydrogen-bond acceptors (Lipinski definition) is 0. The minimum absolute atomic E-state index is 0.863. The fraction of sp³-hybridized carbons (Fsp3) is 0.500. The van der Waals surface area contributed by atoms with E-state index in [4.69, 9.17) is 0 Å². The van der Waals surface area contributed by atoms with Crippen LogP contribution in [0.15, 0.2) is 30.3 Å². The molecule has 13 heavy (non-hydrogen) atoms. The molecule has 1 aromatic rings. The quantitative estimate of drug-likeness (QED) is 0.626. The Kier molecular flexibility index (Phi) is 4.84. The summed E-state index contributed by atoms with van der Waals surface area (Å²) in [5, 5.41) is 1.51. The van der Waals surface area contributed by atoms with Crippen LogP contribution in [0.5, 0.6) is 0 Å². The van der Waals surface area contributed by atoms with Crippen LogP contribution in [0.1, 0.15) is 33.1 Å². The fourth-order valence-electron chi connectivity index (χ4n) is 1.40. The highest BCUT2D eigenvalue weighted by atomic mass is 28.2. The average molecular weight is 190 g/mol. The van der Waals surface area contributed by atoms with Crippen molar-refractivity contribution < 1.29 is 0 Å². The molecule has 0 bridgehead atoms. The molecule has 0 aliphatic heterocycles. The van der Waals surface area contributed by atoms with Gasteiger partial charge in [0.05, 0.1) is 9.52 Å². The van der Waals surface area contributed by atoms with Crippen molar-refractivity contribution in [1.82, 2.24) is 0 Å². The van der Waals surface area contributed by atoms with Crippen molar-refractivity contribution >= 4 is 14.7 Å². The van der Waals surface area contributed by atoms with Gasteiger partial charge in [0.2, 0.25) is 0 Å². The van der Waals surface area contributed by atoms with Crippen LogP contribution in [0.2, 0.25) is 5.54 Å². The van der Waals surface area contributed by atoms with Crippen molar-refractivity contribution in [3.63, 3.8) is 0 Å². The highest BCUT2D eigenvalue weighted by Crippen LogP contribution is 2.11. The molecule has 2 radical (unpaired) electrons. The van der Waals surface area contributed by atoms with E-state index in [-0.39, 0.29) is 0 Å². The summed E-state index contributed by atoms with van der Waals surface area (Å²) in [6, 6.07) is 10.8. The van der Waals surface area contributed by atoms with Crippen LogP contribution in [0.25, 0.3) is 0 Å². The zero-order valence-electron chi connectivity index (χ0n) is 8.59. The van der Waals surface area contributed by atoms with Gasteiger partial charge < -0.3 is 0 Å². The third-order valence-corrected chi connectivity index (χ3v) is 3.63. The molecule has 0 aliphatic carbocycles. The van der Waals surface area contributed by atoms with Gasteiger partial charge in [0.15, 0.2) is 0 Å². The largest absolute Gasteiger partial charge is 0.0839 e. The van der Waals surface area contributed by atoms with Gasteiger partial charge in [-0.15, -0.1) is 0 Å². The van der Waals surface area contributed by atoms with E-state index in [9.17, 15) is 0 Å². The minimum Gasteiger partial charge on any atom is -0.0654 e. The summed E-state index contributed by atoms with van der Waals surface area (Å²) in [6.45, 7) is 4.62. The van der Waals surface area contributed by atoms with E-state index in [1.54, 1.807) is 0 Å². The lowest BCUT2D eigenvalue weighted by atomic mass is 10.2. The Morgan fingerprint density at radius 3 is 2.54 bits per heavy atom. The number of rotatable bonds is 5. The molecule has 0 fully saturated rings. The van der Waals surface area contributed by atoms with Crippen molar-refractivity contribution in [3.05, 3.63) is 30.3 Å². The zero-order chi connectivity index (χ0) is 9.52. The Labute approximate surface area is 84.2 Å². The lowest BCUT2D eigenvalue weighted by Crippen LogP contribution is -2.17. The molecule has 1 rings (SSSR count). The lowest BCUT2D eigenvalue weighted by Gasteiger charge is -2.08. The van der Waals surface area contributed by atoms with Gasteiger partial charge in [-0.25, -0.2) is 0 Å². The van der Waals surface area contributed by atoms with Crippen LogP contribution in [-0.4, -0.2) is 9.52 Å². The third kappa shape index (κ3) is 4.27. The first-order valence-electron chi connectivity index (χ1n) is 5.14. The Morgan fingerprint density at radius 2 is 1.92 bits per heavy atom. The summed E-state index contributed by atoms with van der Waals surface area (Å²) in [5.41, 5.74) is 0.863. The predicted octanol–water partition coefficient (Wildman–Crippen LogP) is 3.01. The standard InChI is InChI=1S/C12H18Si/c1-3-4-8-11(2)13-12-9-6-5-7-10-12/h5-7,9-11H,3-4,8H2,1-2H3/t11-/m0/s1. The third-order valence-electron chi connectivity index (χ3n) is 2.18. The van der Waals surface area contributed by atoms with Crippen LogP contribution in [-0.2, 0) is 0 Å². The second-order valence-electron chi connectivity index (χ2n) is 3.55. The summed E-state index contributed by atoms with van der Waals surface area (Å²) < 4.78 is 0. The number of unbranched alkanes of at least 4 members (excludes halogenated alkanes) is 1. The van der Waals surface area contributed by atoms with Gasteiger partial charge in [-0.1, -0.05) is 68.6 Å². The first-order chi connectivity index (χ1) is 6.33. The van der Waals surface area contributed by atoms with E-state index in [1.807, 2.05) is 0 Å². The summed E-state index contributed by atoms with van der Waals surface area (Å²) in [7, 11) is 0.988. The monoisotopic (exact) mass is 190 g/mol. The molecule has 0 aromatic heterocycles. The molecule has 0 spiro atoms. The van der Waals surface area contributed by atoms with Gasteiger partial charge in [-0.3, -0.25) is 0 Å². The molecule has 1 atom stereocenters. The molecule has 0 saturated carbocycles. The molecule has 0 heterocycles. The van der Waals surface area contributed by atoms with E-state index < -0.39 is 0 Å². The van der Waals surface area contributed by atoms with Crippen molar-refractivity contribution in [2.75, 3.05) is 0 Å². The molecular formula is C12H18Si. The van der Waals surface area contributed by atoms with Gasteiger partial charge in [0, 0.05) is 0 Å². The molecule has 0 saturated heterocycles. The molecule has 0 nitrogen and oxygen atoms in total. The van der Waals surface area contributed by atoms with E-state index in [2.05, 4.69) is 44.2 Å². The molecule has 1 aromatic carbocycles. The maximum Gasteiger partial charge on any atom is 0.0839 e. The number of hydrogen-bond donors (Lipinski definition) is 0. The molecular weight excluding hydrogens is 172 g/mol. The number of benzene rings is 1. The predicted molar refractivity (Wildman–Crippen MR) is 60.8 cm³/mol. The van der Waals surface area contributed by atoms with Gasteiger partial charge in [0.1, 0.15) is 0 Å². The summed E-state index contributed by atoms with van der Waals surface area (Å²) in [5.74, 6) is 0. The summed E-state index contributed by atoms with van der Waals surface area (Å²) >= 11 is 0. The smallest absolute Gasteiger partial charge is 0.0654 e. The minimum atomic E-state index is 0.863. The van der Waals surface area contributed by atoms with E-state index in [1.165, 1.54) is 24.4 Å². The van der Waals surface area contributed by atoms with Crippen LogP contribution in [0, 0.1) is 0 Å². The van der Waals surface area contributed by atoms with E-state index >= 15 is 0 Å². The van der Waals surface area contributed by atoms with E-state index in [0.29, 0.717) is 0 Å². The topological polar surface area (TPSA) is 0 Å². The highest BCUT2D eigenvalue weighted by molar-refractivity contribution is 6.54.